The van der Waals surface area contributed by atoms with Gasteiger partial charge in [-0.05, 0) is 24.6 Å². The van der Waals surface area contributed by atoms with E-state index in [0.717, 1.165) is 28.6 Å². The van der Waals surface area contributed by atoms with E-state index in [4.69, 9.17) is 16.6 Å². The number of fused-ring (bicyclic) bond motifs is 3. The Morgan fingerprint density at radius 1 is 1.05 bits per heavy atom. The van der Waals surface area contributed by atoms with E-state index in [0.29, 0.717) is 0 Å². The molecule has 2 nitrogen and oxygen atoms in total. The van der Waals surface area contributed by atoms with E-state index < -0.39 is 0 Å². The van der Waals surface area contributed by atoms with Crippen LogP contribution >= 0.6 is 11.6 Å². The monoisotopic (exact) mass is 280 g/mol. The molecule has 0 saturated carbocycles. The molecule has 2 aromatic carbocycles. The first kappa shape index (κ1) is 11.7. The maximum Gasteiger partial charge on any atom is 0.107 e. The van der Waals surface area contributed by atoms with Gasteiger partial charge in [-0.1, -0.05) is 48.0 Å². The fraction of sp³-hybridized carbons (Fsp3) is 0.118. The first-order valence-electron chi connectivity index (χ1n) is 6.65. The molecule has 4 rings (SSSR count). The van der Waals surface area contributed by atoms with Crippen LogP contribution in [0.4, 0.5) is 0 Å². The summed E-state index contributed by atoms with van der Waals surface area (Å²) in [5.74, 6) is 1.06. The standard InChI is InChI=1S/C17H13ClN2/c1-11-19-16(12-6-8-14(18)9-7-12)17-15-5-3-2-4-13(15)10-20(11)17/h2-9H,10H2,1H3. The summed E-state index contributed by atoms with van der Waals surface area (Å²) in [6.07, 6.45) is 0. The summed E-state index contributed by atoms with van der Waals surface area (Å²) >= 11 is 5.98. The number of nitrogens with zero attached hydrogens (tertiary/aromatic N) is 2. The Kier molecular flexibility index (Phi) is 2.48. The van der Waals surface area contributed by atoms with E-state index in [1.54, 1.807) is 0 Å². The zero-order chi connectivity index (χ0) is 13.7. The van der Waals surface area contributed by atoms with Crippen molar-refractivity contribution in [2.45, 2.75) is 13.5 Å². The van der Waals surface area contributed by atoms with Gasteiger partial charge in [-0.2, -0.15) is 0 Å². The second-order valence-corrected chi connectivity index (χ2v) is 5.54. The van der Waals surface area contributed by atoms with Gasteiger partial charge in [0, 0.05) is 16.1 Å². The minimum absolute atomic E-state index is 0.752. The third-order valence-electron chi connectivity index (χ3n) is 3.88. The molecule has 1 aliphatic heterocycles. The van der Waals surface area contributed by atoms with Gasteiger partial charge in [0.25, 0.3) is 0 Å². The Morgan fingerprint density at radius 3 is 2.60 bits per heavy atom. The Labute approximate surface area is 122 Å². The van der Waals surface area contributed by atoms with Crippen LogP contribution in [0.25, 0.3) is 22.5 Å². The van der Waals surface area contributed by atoms with Crippen LogP contribution in [0, 0.1) is 6.92 Å². The number of aromatic nitrogens is 2. The van der Waals surface area contributed by atoms with Crippen molar-refractivity contribution in [3.05, 3.63) is 64.9 Å². The quantitative estimate of drug-likeness (QED) is 0.500. The minimum Gasteiger partial charge on any atom is -0.323 e. The molecule has 2 heterocycles. The van der Waals surface area contributed by atoms with Crippen LogP contribution in [-0.2, 0) is 6.54 Å². The molecule has 0 spiro atoms. The predicted molar refractivity (Wildman–Crippen MR) is 81.9 cm³/mol. The van der Waals surface area contributed by atoms with Crippen LogP contribution in [0.5, 0.6) is 0 Å². The van der Waals surface area contributed by atoms with Crippen molar-refractivity contribution in [3.63, 3.8) is 0 Å². The van der Waals surface area contributed by atoms with Crippen molar-refractivity contribution in [1.29, 1.82) is 0 Å². The van der Waals surface area contributed by atoms with Crippen LogP contribution in [0.15, 0.2) is 48.5 Å². The molecule has 0 unspecified atom stereocenters. The Morgan fingerprint density at radius 2 is 1.80 bits per heavy atom. The van der Waals surface area contributed by atoms with Gasteiger partial charge in [-0.25, -0.2) is 4.98 Å². The molecular formula is C17H13ClN2. The Hall–Kier alpha value is -2.06. The lowest BCUT2D eigenvalue weighted by molar-refractivity contribution is 0.798. The van der Waals surface area contributed by atoms with Crippen molar-refractivity contribution >= 4 is 11.6 Å². The summed E-state index contributed by atoms with van der Waals surface area (Å²) in [6, 6.07) is 16.4. The number of hydrogen-bond acceptors (Lipinski definition) is 1. The van der Waals surface area contributed by atoms with E-state index in [2.05, 4.69) is 35.8 Å². The molecule has 0 amide bonds. The highest BCUT2D eigenvalue weighted by atomic mass is 35.5. The van der Waals surface area contributed by atoms with Crippen LogP contribution in [-0.4, -0.2) is 9.55 Å². The van der Waals surface area contributed by atoms with Gasteiger partial charge < -0.3 is 4.57 Å². The average Bonchev–Trinajstić information content (AvgIpc) is 2.98. The average molecular weight is 281 g/mol. The molecule has 0 saturated heterocycles. The summed E-state index contributed by atoms with van der Waals surface area (Å²) in [7, 11) is 0. The van der Waals surface area contributed by atoms with E-state index in [-0.39, 0.29) is 0 Å². The molecule has 0 atom stereocenters. The lowest BCUT2D eigenvalue weighted by Crippen LogP contribution is -1.95. The molecule has 98 valence electrons. The molecular weight excluding hydrogens is 268 g/mol. The first-order valence-corrected chi connectivity index (χ1v) is 7.03. The van der Waals surface area contributed by atoms with Gasteiger partial charge in [0.1, 0.15) is 5.82 Å². The summed E-state index contributed by atoms with van der Waals surface area (Å²) in [6.45, 7) is 2.98. The van der Waals surface area contributed by atoms with Crippen molar-refractivity contribution in [2.24, 2.45) is 0 Å². The number of hydrogen-bond donors (Lipinski definition) is 0. The molecule has 1 aliphatic rings. The van der Waals surface area contributed by atoms with Gasteiger partial charge in [-0.15, -0.1) is 0 Å². The van der Waals surface area contributed by atoms with Crippen molar-refractivity contribution in [1.82, 2.24) is 9.55 Å². The molecule has 0 aliphatic carbocycles. The van der Waals surface area contributed by atoms with E-state index in [1.807, 2.05) is 24.3 Å². The third-order valence-corrected chi connectivity index (χ3v) is 4.13. The minimum atomic E-state index is 0.752. The molecule has 0 radical (unpaired) electrons. The van der Waals surface area contributed by atoms with E-state index in [1.165, 1.54) is 16.8 Å². The molecule has 0 fully saturated rings. The fourth-order valence-corrected chi connectivity index (χ4v) is 3.03. The second kappa shape index (κ2) is 4.22. The first-order chi connectivity index (χ1) is 9.74. The van der Waals surface area contributed by atoms with Crippen LogP contribution in [0.1, 0.15) is 11.4 Å². The summed E-state index contributed by atoms with van der Waals surface area (Å²) in [5, 5.41) is 0.752. The van der Waals surface area contributed by atoms with Crippen LogP contribution in [0.2, 0.25) is 5.02 Å². The largest absolute Gasteiger partial charge is 0.323 e. The predicted octanol–water partition coefficient (Wildman–Crippen LogP) is 4.54. The van der Waals surface area contributed by atoms with Crippen molar-refractivity contribution in [3.8, 4) is 22.5 Å². The van der Waals surface area contributed by atoms with E-state index in [9.17, 15) is 0 Å². The van der Waals surface area contributed by atoms with Gasteiger partial charge in [0.15, 0.2) is 0 Å². The molecule has 3 aromatic rings. The van der Waals surface area contributed by atoms with Crippen LogP contribution < -0.4 is 0 Å². The highest BCUT2D eigenvalue weighted by Crippen LogP contribution is 2.39. The molecule has 20 heavy (non-hydrogen) atoms. The highest BCUT2D eigenvalue weighted by molar-refractivity contribution is 6.30. The molecule has 1 aromatic heterocycles. The van der Waals surface area contributed by atoms with Crippen molar-refractivity contribution < 1.29 is 0 Å². The molecule has 0 N–H and O–H groups in total. The molecule has 0 bridgehead atoms. The van der Waals surface area contributed by atoms with Gasteiger partial charge in [-0.3, -0.25) is 0 Å². The lowest BCUT2D eigenvalue weighted by atomic mass is 10.0. The Balaban J connectivity index is 1.97. The SMILES string of the molecule is Cc1nc(-c2ccc(Cl)cc2)c2n1Cc1ccccc1-2. The van der Waals surface area contributed by atoms with Gasteiger partial charge in [0.05, 0.1) is 17.9 Å². The van der Waals surface area contributed by atoms with Crippen molar-refractivity contribution in [2.75, 3.05) is 0 Å². The lowest BCUT2D eigenvalue weighted by Gasteiger charge is -2.02. The summed E-state index contributed by atoms with van der Waals surface area (Å²) < 4.78 is 2.29. The zero-order valence-corrected chi connectivity index (χ0v) is 11.9. The highest BCUT2D eigenvalue weighted by Gasteiger charge is 2.25. The van der Waals surface area contributed by atoms with Gasteiger partial charge in [0.2, 0.25) is 0 Å². The number of halogens is 1. The molecule has 3 heteroatoms. The summed E-state index contributed by atoms with van der Waals surface area (Å²) in [4.78, 5) is 4.75. The zero-order valence-electron chi connectivity index (χ0n) is 11.1. The smallest absolute Gasteiger partial charge is 0.107 e. The fourth-order valence-electron chi connectivity index (χ4n) is 2.90. The maximum atomic E-state index is 5.98. The second-order valence-electron chi connectivity index (χ2n) is 5.11. The number of benzene rings is 2. The number of imidazole rings is 1. The normalized spacial score (nSPS) is 12.3. The number of aryl methyl sites for hydroxylation is 1. The number of rotatable bonds is 1. The maximum absolute atomic E-state index is 5.98. The Bertz CT molecular complexity index is 800. The summed E-state index contributed by atoms with van der Waals surface area (Å²) in [5.41, 5.74) is 6.04. The van der Waals surface area contributed by atoms with Gasteiger partial charge >= 0.3 is 0 Å². The topological polar surface area (TPSA) is 17.8 Å². The third kappa shape index (κ3) is 1.61. The van der Waals surface area contributed by atoms with Crippen LogP contribution in [0.3, 0.4) is 0 Å². The van der Waals surface area contributed by atoms with E-state index >= 15 is 0 Å².